The molecule has 1 aliphatic heterocycles. The van der Waals surface area contributed by atoms with E-state index in [0.717, 1.165) is 47.1 Å². The van der Waals surface area contributed by atoms with E-state index in [1.165, 1.54) is 0 Å². The van der Waals surface area contributed by atoms with Gasteiger partial charge in [0, 0.05) is 26.2 Å². The smallest absolute Gasteiger partial charge is 0.143 e. The number of hydrogen-bond acceptors (Lipinski definition) is 5. The molecular formula is C12H18IN3O2. The summed E-state index contributed by atoms with van der Waals surface area (Å²) < 4.78 is 11.7. The highest BCUT2D eigenvalue weighted by Crippen LogP contribution is 2.27. The monoisotopic (exact) mass is 363 g/mol. The maximum atomic E-state index is 5.41. The van der Waals surface area contributed by atoms with Crippen LogP contribution in [-0.2, 0) is 16.1 Å². The lowest BCUT2D eigenvalue weighted by Crippen LogP contribution is -2.13. The van der Waals surface area contributed by atoms with Crippen molar-refractivity contribution in [1.29, 1.82) is 0 Å². The van der Waals surface area contributed by atoms with E-state index in [1.807, 2.05) is 0 Å². The predicted molar refractivity (Wildman–Crippen MR) is 77.8 cm³/mol. The molecule has 0 saturated carbocycles. The summed E-state index contributed by atoms with van der Waals surface area (Å²) in [5.41, 5.74) is 0.950. The average molecular weight is 363 g/mol. The van der Waals surface area contributed by atoms with Gasteiger partial charge in [0.05, 0.1) is 22.5 Å². The minimum atomic E-state index is 0.315. The van der Waals surface area contributed by atoms with Gasteiger partial charge >= 0.3 is 0 Å². The van der Waals surface area contributed by atoms with Crippen LogP contribution < -0.4 is 5.32 Å². The molecule has 0 amide bonds. The lowest BCUT2D eigenvalue weighted by molar-refractivity contribution is 0.179. The van der Waals surface area contributed by atoms with Crippen LogP contribution in [0.4, 0.5) is 5.82 Å². The van der Waals surface area contributed by atoms with Gasteiger partial charge in [-0.3, -0.25) is 0 Å². The minimum Gasteiger partial charge on any atom is -0.381 e. The van der Waals surface area contributed by atoms with Gasteiger partial charge in [-0.1, -0.05) is 0 Å². The van der Waals surface area contributed by atoms with Crippen molar-refractivity contribution in [2.75, 3.05) is 32.2 Å². The summed E-state index contributed by atoms with van der Waals surface area (Å²) in [5.74, 6) is 2.09. The molecule has 0 radical (unpaired) electrons. The van der Waals surface area contributed by atoms with Crippen molar-refractivity contribution >= 4 is 28.4 Å². The molecule has 1 atom stereocenters. The van der Waals surface area contributed by atoms with Gasteiger partial charge in [0.2, 0.25) is 0 Å². The van der Waals surface area contributed by atoms with Gasteiger partial charge in [-0.15, -0.1) is 0 Å². The Morgan fingerprint density at radius 3 is 2.94 bits per heavy atom. The third-order valence-corrected chi connectivity index (χ3v) is 3.99. The van der Waals surface area contributed by atoms with Crippen molar-refractivity contribution in [2.45, 2.75) is 25.9 Å². The van der Waals surface area contributed by atoms with E-state index in [9.17, 15) is 0 Å². The molecule has 1 aromatic rings. The van der Waals surface area contributed by atoms with E-state index >= 15 is 0 Å². The van der Waals surface area contributed by atoms with E-state index in [2.05, 4.69) is 44.8 Å². The molecule has 0 aromatic carbocycles. The Labute approximate surface area is 121 Å². The maximum absolute atomic E-state index is 5.41. The molecule has 5 nitrogen and oxygen atoms in total. The fraction of sp³-hybridized carbons (Fsp3) is 0.667. The van der Waals surface area contributed by atoms with E-state index < -0.39 is 0 Å². The van der Waals surface area contributed by atoms with Crippen molar-refractivity contribution < 1.29 is 9.47 Å². The zero-order chi connectivity index (χ0) is 13.0. The molecular weight excluding hydrogens is 345 g/mol. The normalized spacial score (nSPS) is 19.2. The van der Waals surface area contributed by atoms with Crippen LogP contribution in [0.5, 0.6) is 0 Å². The Morgan fingerprint density at radius 2 is 2.33 bits per heavy atom. The topological polar surface area (TPSA) is 56.3 Å². The molecule has 0 aliphatic carbocycles. The minimum absolute atomic E-state index is 0.315. The van der Waals surface area contributed by atoms with Crippen LogP contribution in [0.15, 0.2) is 0 Å². The molecule has 6 heteroatoms. The standard InChI is InChI=1S/C12H18IN3O2/c1-3-14-12-10(13)9(7-17-2)15-11(16-12)8-4-5-18-6-8/h8H,3-7H2,1-2H3,(H,14,15,16). The van der Waals surface area contributed by atoms with Gasteiger partial charge in [-0.05, 0) is 35.9 Å². The average Bonchev–Trinajstić information content (AvgIpc) is 2.88. The Morgan fingerprint density at radius 1 is 1.50 bits per heavy atom. The number of aromatic nitrogens is 2. The summed E-state index contributed by atoms with van der Waals surface area (Å²) in [5, 5.41) is 3.28. The Kier molecular flexibility index (Phi) is 5.13. The lowest BCUT2D eigenvalue weighted by atomic mass is 10.1. The first-order valence-electron chi connectivity index (χ1n) is 6.13. The number of ether oxygens (including phenoxy) is 2. The molecule has 1 aliphatic rings. The second-order valence-electron chi connectivity index (χ2n) is 4.21. The van der Waals surface area contributed by atoms with Gasteiger partial charge < -0.3 is 14.8 Å². The molecule has 100 valence electrons. The summed E-state index contributed by atoms with van der Waals surface area (Å²) in [6.07, 6.45) is 0.999. The van der Waals surface area contributed by atoms with Crippen LogP contribution in [0.25, 0.3) is 0 Å². The molecule has 18 heavy (non-hydrogen) atoms. The highest BCUT2D eigenvalue weighted by atomic mass is 127. The molecule has 2 rings (SSSR count). The van der Waals surface area contributed by atoms with Crippen LogP contribution in [0.2, 0.25) is 0 Å². The van der Waals surface area contributed by atoms with Crippen LogP contribution in [0, 0.1) is 3.57 Å². The third kappa shape index (κ3) is 3.10. The molecule has 1 aromatic heterocycles. The second-order valence-corrected chi connectivity index (χ2v) is 5.29. The van der Waals surface area contributed by atoms with E-state index in [1.54, 1.807) is 7.11 Å². The summed E-state index contributed by atoms with van der Waals surface area (Å²) in [7, 11) is 1.68. The number of methoxy groups -OCH3 is 1. The summed E-state index contributed by atoms with van der Waals surface area (Å²) >= 11 is 2.27. The maximum Gasteiger partial charge on any atom is 0.143 e. The first-order chi connectivity index (χ1) is 8.76. The van der Waals surface area contributed by atoms with Gasteiger partial charge in [-0.2, -0.15) is 0 Å². The van der Waals surface area contributed by atoms with Crippen LogP contribution in [0.1, 0.15) is 30.8 Å². The summed E-state index contributed by atoms with van der Waals surface area (Å²) in [6.45, 7) is 4.95. The number of rotatable bonds is 5. The molecule has 0 spiro atoms. The number of anilines is 1. The van der Waals surface area contributed by atoms with E-state index in [-0.39, 0.29) is 0 Å². The molecule has 1 unspecified atom stereocenters. The molecule has 1 fully saturated rings. The SMILES string of the molecule is CCNc1nc(C2CCOC2)nc(COC)c1I. The highest BCUT2D eigenvalue weighted by Gasteiger charge is 2.23. The zero-order valence-corrected chi connectivity index (χ0v) is 12.9. The van der Waals surface area contributed by atoms with Crippen molar-refractivity contribution in [3.8, 4) is 0 Å². The molecule has 1 N–H and O–H groups in total. The fourth-order valence-electron chi connectivity index (χ4n) is 1.95. The fourth-order valence-corrected chi connectivity index (χ4v) is 2.54. The first-order valence-corrected chi connectivity index (χ1v) is 7.21. The first kappa shape index (κ1) is 14.0. The van der Waals surface area contributed by atoms with Gasteiger partial charge in [-0.25, -0.2) is 9.97 Å². The number of hydrogen-bond donors (Lipinski definition) is 1. The third-order valence-electron chi connectivity index (χ3n) is 2.86. The van der Waals surface area contributed by atoms with Gasteiger partial charge in [0.1, 0.15) is 11.6 Å². The summed E-state index contributed by atoms with van der Waals surface area (Å²) in [4.78, 5) is 9.24. The van der Waals surface area contributed by atoms with E-state index in [4.69, 9.17) is 9.47 Å². The van der Waals surface area contributed by atoms with Crippen LogP contribution >= 0.6 is 22.6 Å². The Balaban J connectivity index is 2.33. The number of nitrogens with one attached hydrogen (secondary N) is 1. The van der Waals surface area contributed by atoms with Gasteiger partial charge in [0.25, 0.3) is 0 Å². The Bertz CT molecular complexity index is 381. The highest BCUT2D eigenvalue weighted by molar-refractivity contribution is 14.1. The second kappa shape index (κ2) is 6.63. The van der Waals surface area contributed by atoms with Crippen LogP contribution in [-0.4, -0.2) is 36.8 Å². The number of halogens is 1. The quantitative estimate of drug-likeness (QED) is 0.813. The van der Waals surface area contributed by atoms with Crippen molar-refractivity contribution in [2.24, 2.45) is 0 Å². The summed E-state index contributed by atoms with van der Waals surface area (Å²) in [6, 6.07) is 0. The van der Waals surface area contributed by atoms with Crippen molar-refractivity contribution in [1.82, 2.24) is 9.97 Å². The Hall–Kier alpha value is -0.470. The van der Waals surface area contributed by atoms with Gasteiger partial charge in [0.15, 0.2) is 0 Å². The molecule has 0 bridgehead atoms. The van der Waals surface area contributed by atoms with E-state index in [0.29, 0.717) is 12.5 Å². The predicted octanol–water partition coefficient (Wildman–Crippen LogP) is 2.16. The van der Waals surface area contributed by atoms with Crippen LogP contribution in [0.3, 0.4) is 0 Å². The lowest BCUT2D eigenvalue weighted by Gasteiger charge is -2.14. The number of nitrogens with zero attached hydrogens (tertiary/aromatic N) is 2. The zero-order valence-electron chi connectivity index (χ0n) is 10.7. The van der Waals surface area contributed by atoms with Crippen molar-refractivity contribution in [3.05, 3.63) is 15.1 Å². The van der Waals surface area contributed by atoms with Crippen molar-refractivity contribution in [3.63, 3.8) is 0 Å². The largest absolute Gasteiger partial charge is 0.381 e. The molecule has 1 saturated heterocycles. The molecule has 2 heterocycles.